The molecule has 0 N–H and O–H groups in total. The van der Waals surface area contributed by atoms with Gasteiger partial charge in [0.1, 0.15) is 6.33 Å². The Labute approximate surface area is 97.7 Å². The maximum absolute atomic E-state index is 5.89. The summed E-state index contributed by atoms with van der Waals surface area (Å²) >= 11 is 7.49. The third-order valence-electron chi connectivity index (χ3n) is 2.13. The van der Waals surface area contributed by atoms with Gasteiger partial charge in [0.05, 0.1) is 9.90 Å². The fraction of sp³-hybridized carbons (Fsp3) is 0.400. The summed E-state index contributed by atoms with van der Waals surface area (Å²) in [6.45, 7) is 3.08. The van der Waals surface area contributed by atoms with Crippen LogP contribution in [0.2, 0.25) is 5.02 Å². The highest BCUT2D eigenvalue weighted by Crippen LogP contribution is 2.27. The molecule has 2 rings (SSSR count). The van der Waals surface area contributed by atoms with E-state index in [2.05, 4.69) is 17.0 Å². The maximum atomic E-state index is 5.89. The van der Waals surface area contributed by atoms with Crippen molar-refractivity contribution in [1.29, 1.82) is 0 Å². The first kappa shape index (κ1) is 10.6. The predicted octanol–water partition coefficient (Wildman–Crippen LogP) is 3.46. The quantitative estimate of drug-likeness (QED) is 0.821. The van der Waals surface area contributed by atoms with Crippen molar-refractivity contribution in [2.24, 2.45) is 0 Å². The van der Waals surface area contributed by atoms with E-state index >= 15 is 0 Å². The molecule has 0 aliphatic heterocycles. The summed E-state index contributed by atoms with van der Waals surface area (Å²) in [4.78, 5) is 5.33. The molecule has 80 valence electrons. The fourth-order valence-electron chi connectivity index (χ4n) is 1.36. The third kappa shape index (κ3) is 2.38. The van der Waals surface area contributed by atoms with Crippen molar-refractivity contribution < 1.29 is 0 Å². The fourth-order valence-corrected chi connectivity index (χ4v) is 2.43. The Morgan fingerprint density at radius 3 is 3.07 bits per heavy atom. The molecule has 2 aromatic rings. The number of nitrogens with zero attached hydrogens (tertiary/aromatic N) is 3. The molecule has 0 aromatic carbocycles. The van der Waals surface area contributed by atoms with Gasteiger partial charge in [-0.2, -0.15) is 5.10 Å². The SMILES string of the molecule is CCCCn1ncnc1-c1cc(Cl)cs1. The number of aromatic nitrogens is 3. The summed E-state index contributed by atoms with van der Waals surface area (Å²) in [5.41, 5.74) is 0. The minimum Gasteiger partial charge on any atom is -0.245 e. The van der Waals surface area contributed by atoms with Crippen LogP contribution in [-0.2, 0) is 6.54 Å². The van der Waals surface area contributed by atoms with Crippen LogP contribution in [0.25, 0.3) is 10.7 Å². The molecule has 0 aliphatic carbocycles. The highest BCUT2D eigenvalue weighted by molar-refractivity contribution is 7.14. The van der Waals surface area contributed by atoms with Crippen molar-refractivity contribution in [1.82, 2.24) is 14.8 Å². The van der Waals surface area contributed by atoms with Crippen LogP contribution in [0.3, 0.4) is 0 Å². The second kappa shape index (κ2) is 4.77. The molecule has 0 saturated carbocycles. The van der Waals surface area contributed by atoms with Gasteiger partial charge >= 0.3 is 0 Å². The highest BCUT2D eigenvalue weighted by Gasteiger charge is 2.08. The molecule has 0 saturated heterocycles. The van der Waals surface area contributed by atoms with E-state index in [0.29, 0.717) is 0 Å². The zero-order valence-electron chi connectivity index (χ0n) is 8.48. The molecule has 15 heavy (non-hydrogen) atoms. The van der Waals surface area contributed by atoms with Crippen LogP contribution in [-0.4, -0.2) is 14.8 Å². The summed E-state index contributed by atoms with van der Waals surface area (Å²) < 4.78 is 1.94. The van der Waals surface area contributed by atoms with Crippen molar-refractivity contribution in [2.75, 3.05) is 0 Å². The number of hydrogen-bond acceptors (Lipinski definition) is 3. The van der Waals surface area contributed by atoms with E-state index in [1.165, 1.54) is 0 Å². The Hall–Kier alpha value is -0.870. The first-order valence-electron chi connectivity index (χ1n) is 4.93. The van der Waals surface area contributed by atoms with Crippen LogP contribution in [0.1, 0.15) is 19.8 Å². The van der Waals surface area contributed by atoms with E-state index in [4.69, 9.17) is 11.6 Å². The van der Waals surface area contributed by atoms with E-state index in [0.717, 1.165) is 35.1 Å². The Morgan fingerprint density at radius 2 is 2.40 bits per heavy atom. The van der Waals surface area contributed by atoms with Gasteiger partial charge in [0.25, 0.3) is 0 Å². The lowest BCUT2D eigenvalue weighted by molar-refractivity contribution is 0.577. The van der Waals surface area contributed by atoms with Crippen LogP contribution in [0, 0.1) is 0 Å². The van der Waals surface area contributed by atoms with Gasteiger partial charge in [0.2, 0.25) is 0 Å². The van der Waals surface area contributed by atoms with Crippen LogP contribution < -0.4 is 0 Å². The molecule has 2 aromatic heterocycles. The molecule has 0 spiro atoms. The Balaban J connectivity index is 2.24. The average Bonchev–Trinajstić information content (AvgIpc) is 2.82. The molecule has 3 nitrogen and oxygen atoms in total. The molecular formula is C10H12ClN3S. The van der Waals surface area contributed by atoms with Crippen molar-refractivity contribution in [3.8, 4) is 10.7 Å². The predicted molar refractivity (Wildman–Crippen MR) is 63.3 cm³/mol. The largest absolute Gasteiger partial charge is 0.245 e. The monoisotopic (exact) mass is 241 g/mol. The summed E-state index contributed by atoms with van der Waals surface area (Å²) in [6, 6.07) is 1.93. The zero-order valence-corrected chi connectivity index (χ0v) is 10.1. The van der Waals surface area contributed by atoms with Gasteiger partial charge in [0.15, 0.2) is 5.82 Å². The van der Waals surface area contributed by atoms with Gasteiger partial charge in [-0.25, -0.2) is 9.67 Å². The first-order valence-corrected chi connectivity index (χ1v) is 6.19. The normalized spacial score (nSPS) is 10.8. The molecule has 5 heteroatoms. The number of halogens is 1. The lowest BCUT2D eigenvalue weighted by atomic mass is 10.3. The first-order chi connectivity index (χ1) is 7.31. The second-order valence-electron chi connectivity index (χ2n) is 3.29. The van der Waals surface area contributed by atoms with Crippen LogP contribution in [0.5, 0.6) is 0 Å². The van der Waals surface area contributed by atoms with Gasteiger partial charge < -0.3 is 0 Å². The van der Waals surface area contributed by atoms with E-state index in [-0.39, 0.29) is 0 Å². The van der Waals surface area contributed by atoms with Gasteiger partial charge in [-0.05, 0) is 12.5 Å². The number of hydrogen-bond donors (Lipinski definition) is 0. The van der Waals surface area contributed by atoms with E-state index < -0.39 is 0 Å². The number of aryl methyl sites for hydroxylation is 1. The average molecular weight is 242 g/mol. The molecule has 0 aliphatic rings. The van der Waals surface area contributed by atoms with Crippen LogP contribution in [0.15, 0.2) is 17.8 Å². The molecule has 0 fully saturated rings. The molecule has 0 atom stereocenters. The Bertz CT molecular complexity index is 435. The lowest BCUT2D eigenvalue weighted by Gasteiger charge is -2.02. The van der Waals surface area contributed by atoms with E-state index in [1.807, 2.05) is 16.1 Å². The van der Waals surface area contributed by atoms with Gasteiger partial charge in [-0.3, -0.25) is 0 Å². The molecular weight excluding hydrogens is 230 g/mol. The summed E-state index contributed by atoms with van der Waals surface area (Å²) in [5, 5.41) is 6.88. The Morgan fingerprint density at radius 1 is 1.53 bits per heavy atom. The molecule has 0 unspecified atom stereocenters. The van der Waals surface area contributed by atoms with Gasteiger partial charge in [0, 0.05) is 11.9 Å². The lowest BCUT2D eigenvalue weighted by Crippen LogP contribution is -2.01. The third-order valence-corrected chi connectivity index (χ3v) is 3.40. The highest BCUT2D eigenvalue weighted by atomic mass is 35.5. The number of unbranched alkanes of at least 4 members (excludes halogenated alkanes) is 1. The molecule has 0 bridgehead atoms. The maximum Gasteiger partial charge on any atom is 0.168 e. The topological polar surface area (TPSA) is 30.7 Å². The van der Waals surface area contributed by atoms with E-state index in [9.17, 15) is 0 Å². The molecule has 0 radical (unpaired) electrons. The van der Waals surface area contributed by atoms with Crippen molar-refractivity contribution in [3.05, 3.63) is 22.8 Å². The second-order valence-corrected chi connectivity index (χ2v) is 4.64. The van der Waals surface area contributed by atoms with Crippen LogP contribution in [0.4, 0.5) is 0 Å². The van der Waals surface area contributed by atoms with Crippen LogP contribution >= 0.6 is 22.9 Å². The zero-order chi connectivity index (χ0) is 10.7. The number of rotatable bonds is 4. The van der Waals surface area contributed by atoms with Crippen molar-refractivity contribution >= 4 is 22.9 Å². The van der Waals surface area contributed by atoms with Gasteiger partial charge in [-0.15, -0.1) is 11.3 Å². The summed E-state index contributed by atoms with van der Waals surface area (Å²) in [6.07, 6.45) is 3.87. The standard InChI is InChI=1S/C10H12ClN3S/c1-2-3-4-14-10(12-7-13-14)9-5-8(11)6-15-9/h5-7H,2-4H2,1H3. The minimum atomic E-state index is 0.764. The molecule has 0 amide bonds. The molecule has 2 heterocycles. The Kier molecular flexibility index (Phi) is 3.38. The van der Waals surface area contributed by atoms with E-state index in [1.54, 1.807) is 17.7 Å². The smallest absolute Gasteiger partial charge is 0.168 e. The van der Waals surface area contributed by atoms with Crippen molar-refractivity contribution in [3.63, 3.8) is 0 Å². The summed E-state index contributed by atoms with van der Waals surface area (Å²) in [5.74, 6) is 0.917. The summed E-state index contributed by atoms with van der Waals surface area (Å²) in [7, 11) is 0. The van der Waals surface area contributed by atoms with Crippen molar-refractivity contribution in [2.45, 2.75) is 26.3 Å². The number of thiophene rings is 1. The van der Waals surface area contributed by atoms with Gasteiger partial charge in [-0.1, -0.05) is 24.9 Å². The minimum absolute atomic E-state index is 0.764.